The van der Waals surface area contributed by atoms with Gasteiger partial charge in [-0.2, -0.15) is 5.10 Å². The van der Waals surface area contributed by atoms with Crippen LogP contribution in [-0.4, -0.2) is 31.7 Å². The third-order valence-electron chi connectivity index (χ3n) is 5.52. The quantitative estimate of drug-likeness (QED) is 0.337. The number of nitrogens with zero attached hydrogens (tertiary/aromatic N) is 2. The fourth-order valence-corrected chi connectivity index (χ4v) is 4.00. The first-order valence-electron chi connectivity index (χ1n) is 10.9. The third-order valence-corrected chi connectivity index (χ3v) is 6.26. The number of nitrogens with one attached hydrogen (secondary N) is 1. The Bertz CT molecular complexity index is 1250. The zero-order valence-electron chi connectivity index (χ0n) is 18.9. The number of halogens is 2. The predicted octanol–water partition coefficient (Wildman–Crippen LogP) is 5.08. The molecule has 0 bridgehead atoms. The summed E-state index contributed by atoms with van der Waals surface area (Å²) < 4.78 is 11.3. The highest BCUT2D eigenvalue weighted by Gasteiger charge is 2.35. The van der Waals surface area contributed by atoms with Crippen molar-refractivity contribution >= 4 is 46.9 Å². The van der Waals surface area contributed by atoms with Gasteiger partial charge in [0, 0.05) is 18.7 Å². The second kappa shape index (κ2) is 11.3. The standard InChI is InChI=1S/C26H23Cl2N3O4/c1-34-24-12-17(8-10-23(24)35-16-18-7-9-21(27)22(28)11-18)14-29-30-26(33)19-13-25(32)31(15-19)20-5-3-2-4-6-20/h2-12,14,19H,13,15-16H2,1H3,(H,30,33)/b29-14-/t19-/m0/s1. The van der Waals surface area contributed by atoms with Crippen molar-refractivity contribution in [2.24, 2.45) is 11.0 Å². The normalized spacial score (nSPS) is 15.5. The van der Waals surface area contributed by atoms with E-state index in [4.69, 9.17) is 32.7 Å². The Balaban J connectivity index is 1.33. The first-order valence-corrected chi connectivity index (χ1v) is 11.6. The Hall–Kier alpha value is -3.55. The van der Waals surface area contributed by atoms with Crippen molar-refractivity contribution in [3.8, 4) is 11.5 Å². The van der Waals surface area contributed by atoms with Gasteiger partial charge in [0.05, 0.1) is 29.3 Å². The van der Waals surface area contributed by atoms with Gasteiger partial charge < -0.3 is 14.4 Å². The Morgan fingerprint density at radius 3 is 2.63 bits per heavy atom. The minimum Gasteiger partial charge on any atom is -0.493 e. The van der Waals surface area contributed by atoms with Gasteiger partial charge in [0.15, 0.2) is 11.5 Å². The summed E-state index contributed by atoms with van der Waals surface area (Å²) in [4.78, 5) is 26.5. The van der Waals surface area contributed by atoms with E-state index in [9.17, 15) is 9.59 Å². The summed E-state index contributed by atoms with van der Waals surface area (Å²) in [6.07, 6.45) is 1.66. The molecular weight excluding hydrogens is 489 g/mol. The van der Waals surface area contributed by atoms with Gasteiger partial charge in [0.2, 0.25) is 11.8 Å². The molecule has 180 valence electrons. The molecule has 2 amide bonds. The average Bonchev–Trinajstić information content (AvgIpc) is 3.27. The number of methoxy groups -OCH3 is 1. The molecule has 0 unspecified atom stereocenters. The highest BCUT2D eigenvalue weighted by molar-refractivity contribution is 6.42. The number of anilines is 1. The molecule has 3 aromatic rings. The van der Waals surface area contributed by atoms with Gasteiger partial charge in [-0.25, -0.2) is 5.43 Å². The van der Waals surface area contributed by atoms with Crippen molar-refractivity contribution in [2.75, 3.05) is 18.6 Å². The van der Waals surface area contributed by atoms with Gasteiger partial charge in [-0.15, -0.1) is 0 Å². The van der Waals surface area contributed by atoms with Gasteiger partial charge in [0.25, 0.3) is 0 Å². The van der Waals surface area contributed by atoms with Crippen LogP contribution in [0.4, 0.5) is 5.69 Å². The Labute approximate surface area is 213 Å². The molecule has 0 saturated carbocycles. The Kier molecular flexibility index (Phi) is 7.90. The lowest BCUT2D eigenvalue weighted by Gasteiger charge is -2.16. The maximum absolute atomic E-state index is 12.5. The van der Waals surface area contributed by atoms with Crippen LogP contribution in [0.3, 0.4) is 0 Å². The molecule has 3 aromatic carbocycles. The molecule has 1 heterocycles. The highest BCUT2D eigenvalue weighted by atomic mass is 35.5. The first-order chi connectivity index (χ1) is 16.9. The van der Waals surface area contributed by atoms with E-state index in [-0.39, 0.29) is 24.8 Å². The molecule has 1 atom stereocenters. The molecule has 1 aliphatic rings. The van der Waals surface area contributed by atoms with Crippen molar-refractivity contribution in [3.05, 3.63) is 87.9 Å². The number of benzene rings is 3. The van der Waals surface area contributed by atoms with E-state index < -0.39 is 5.92 Å². The summed E-state index contributed by atoms with van der Waals surface area (Å²) in [6, 6.07) is 19.9. The molecule has 0 aromatic heterocycles. The van der Waals surface area contributed by atoms with E-state index in [1.54, 1.807) is 42.3 Å². The van der Waals surface area contributed by atoms with Crippen molar-refractivity contribution < 1.29 is 19.1 Å². The number of carbonyl (C=O) groups is 2. The minimum absolute atomic E-state index is 0.0819. The molecule has 1 fully saturated rings. The molecule has 4 rings (SSSR count). The lowest BCUT2D eigenvalue weighted by atomic mass is 10.1. The minimum atomic E-state index is -0.466. The number of ether oxygens (including phenoxy) is 2. The number of para-hydroxylation sites is 1. The second-order valence-corrected chi connectivity index (χ2v) is 8.74. The van der Waals surface area contributed by atoms with Gasteiger partial charge in [-0.05, 0) is 53.6 Å². The van der Waals surface area contributed by atoms with Crippen LogP contribution >= 0.6 is 23.2 Å². The molecule has 7 nitrogen and oxygen atoms in total. The summed E-state index contributed by atoms with van der Waals surface area (Å²) >= 11 is 12.0. The predicted molar refractivity (Wildman–Crippen MR) is 136 cm³/mol. The van der Waals surface area contributed by atoms with E-state index >= 15 is 0 Å². The molecule has 1 aliphatic heterocycles. The van der Waals surface area contributed by atoms with Crippen LogP contribution in [0.1, 0.15) is 17.5 Å². The lowest BCUT2D eigenvalue weighted by Crippen LogP contribution is -2.30. The molecule has 1 saturated heterocycles. The van der Waals surface area contributed by atoms with Gasteiger partial charge in [0.1, 0.15) is 6.61 Å². The number of hydrazone groups is 1. The summed E-state index contributed by atoms with van der Waals surface area (Å²) in [5.41, 5.74) is 4.89. The van der Waals surface area contributed by atoms with Crippen LogP contribution in [0.25, 0.3) is 0 Å². The summed E-state index contributed by atoms with van der Waals surface area (Å²) in [5, 5.41) is 4.99. The SMILES string of the molecule is COc1cc(/C=N\NC(=O)[C@H]2CC(=O)N(c3ccccc3)C2)ccc1OCc1ccc(Cl)c(Cl)c1. The topological polar surface area (TPSA) is 80.2 Å². The Morgan fingerprint density at radius 2 is 1.89 bits per heavy atom. The maximum atomic E-state index is 12.5. The average molecular weight is 512 g/mol. The fourth-order valence-electron chi connectivity index (χ4n) is 3.68. The van der Waals surface area contributed by atoms with Gasteiger partial charge in [-0.3, -0.25) is 9.59 Å². The number of hydrogen-bond acceptors (Lipinski definition) is 5. The first kappa shape index (κ1) is 24.6. The summed E-state index contributed by atoms with van der Waals surface area (Å²) in [7, 11) is 1.54. The monoisotopic (exact) mass is 511 g/mol. The molecule has 35 heavy (non-hydrogen) atoms. The third kappa shape index (κ3) is 6.12. The van der Waals surface area contributed by atoms with Crippen LogP contribution in [0, 0.1) is 5.92 Å². The molecule has 0 radical (unpaired) electrons. The zero-order chi connectivity index (χ0) is 24.8. The van der Waals surface area contributed by atoms with Crippen molar-refractivity contribution in [3.63, 3.8) is 0 Å². The largest absolute Gasteiger partial charge is 0.493 e. The van der Waals surface area contributed by atoms with E-state index in [0.717, 1.165) is 11.3 Å². The van der Waals surface area contributed by atoms with Crippen molar-refractivity contribution in [1.82, 2.24) is 5.43 Å². The van der Waals surface area contributed by atoms with Crippen LogP contribution in [0.15, 0.2) is 71.8 Å². The Morgan fingerprint density at radius 1 is 1.09 bits per heavy atom. The van der Waals surface area contributed by atoms with E-state index in [1.165, 1.54) is 6.21 Å². The molecular formula is C26H23Cl2N3O4. The number of carbonyl (C=O) groups excluding carboxylic acids is 2. The van der Waals surface area contributed by atoms with Gasteiger partial charge >= 0.3 is 0 Å². The molecule has 9 heteroatoms. The smallest absolute Gasteiger partial charge is 0.245 e. The number of amides is 2. The van der Waals surface area contributed by atoms with Crippen LogP contribution < -0.4 is 19.8 Å². The summed E-state index contributed by atoms with van der Waals surface area (Å²) in [6.45, 7) is 0.611. The molecule has 0 aliphatic carbocycles. The lowest BCUT2D eigenvalue weighted by molar-refractivity contribution is -0.126. The van der Waals surface area contributed by atoms with E-state index in [1.807, 2.05) is 36.4 Å². The second-order valence-electron chi connectivity index (χ2n) is 7.92. The molecule has 0 spiro atoms. The van der Waals surface area contributed by atoms with E-state index in [0.29, 0.717) is 33.7 Å². The summed E-state index contributed by atoms with van der Waals surface area (Å²) in [5.74, 6) is 0.208. The van der Waals surface area contributed by atoms with Crippen molar-refractivity contribution in [2.45, 2.75) is 13.0 Å². The van der Waals surface area contributed by atoms with E-state index in [2.05, 4.69) is 10.5 Å². The molecule has 1 N–H and O–H groups in total. The zero-order valence-corrected chi connectivity index (χ0v) is 20.4. The van der Waals surface area contributed by atoms with Crippen LogP contribution in [0.2, 0.25) is 10.0 Å². The van der Waals surface area contributed by atoms with Gasteiger partial charge in [-0.1, -0.05) is 47.5 Å². The van der Waals surface area contributed by atoms with Crippen molar-refractivity contribution in [1.29, 1.82) is 0 Å². The maximum Gasteiger partial charge on any atom is 0.245 e. The van der Waals surface area contributed by atoms with Crippen LogP contribution in [0.5, 0.6) is 11.5 Å². The highest BCUT2D eigenvalue weighted by Crippen LogP contribution is 2.29. The van der Waals surface area contributed by atoms with Crippen LogP contribution in [-0.2, 0) is 16.2 Å². The number of rotatable bonds is 8. The number of hydrogen-bond donors (Lipinski definition) is 1. The fraction of sp³-hybridized carbons (Fsp3) is 0.192.